The number of aryl methyl sites for hydroxylation is 1. The number of aromatic nitrogens is 2. The fourth-order valence-corrected chi connectivity index (χ4v) is 1.62. The summed E-state index contributed by atoms with van der Waals surface area (Å²) in [4.78, 5) is 11.6. The van der Waals surface area contributed by atoms with Crippen molar-refractivity contribution in [2.45, 2.75) is 13.5 Å². The molecule has 4 nitrogen and oxygen atoms in total. The quantitative estimate of drug-likeness (QED) is 0.805. The van der Waals surface area contributed by atoms with Gasteiger partial charge in [0.1, 0.15) is 5.02 Å². The second-order valence-electron chi connectivity index (χ2n) is 2.91. The summed E-state index contributed by atoms with van der Waals surface area (Å²) in [6.45, 7) is 3.16. The molecule has 0 bridgehead atoms. The van der Waals surface area contributed by atoms with E-state index < -0.39 is 0 Å². The lowest BCUT2D eigenvalue weighted by Crippen LogP contribution is -2.23. The van der Waals surface area contributed by atoms with Gasteiger partial charge in [-0.2, -0.15) is 16.9 Å². The van der Waals surface area contributed by atoms with Crippen molar-refractivity contribution in [3.05, 3.63) is 21.6 Å². The average molecular weight is 248 g/mol. The summed E-state index contributed by atoms with van der Waals surface area (Å²) >= 11 is 7.64. The SMILES string of the molecule is CCn1ncc(NCCSC)c(Cl)c1=O. The zero-order valence-corrected chi connectivity index (χ0v) is 10.4. The molecule has 1 rings (SSSR count). The monoisotopic (exact) mass is 247 g/mol. The number of hydrogen-bond donors (Lipinski definition) is 1. The number of hydrogen-bond acceptors (Lipinski definition) is 4. The third-order valence-corrected chi connectivity index (χ3v) is 2.88. The van der Waals surface area contributed by atoms with Gasteiger partial charge in [-0.15, -0.1) is 0 Å². The van der Waals surface area contributed by atoms with Crippen molar-refractivity contribution in [2.75, 3.05) is 23.9 Å². The highest BCUT2D eigenvalue weighted by Crippen LogP contribution is 2.14. The van der Waals surface area contributed by atoms with Gasteiger partial charge in [0.05, 0.1) is 11.9 Å². The molecular formula is C9H14ClN3OS. The Hall–Kier alpha value is -0.680. The Morgan fingerprint density at radius 2 is 2.40 bits per heavy atom. The van der Waals surface area contributed by atoms with Gasteiger partial charge in [0.2, 0.25) is 0 Å². The van der Waals surface area contributed by atoms with Crippen LogP contribution in [0.25, 0.3) is 0 Å². The molecule has 0 aliphatic carbocycles. The number of nitrogens with zero attached hydrogens (tertiary/aromatic N) is 2. The van der Waals surface area contributed by atoms with Gasteiger partial charge in [-0.3, -0.25) is 4.79 Å². The molecule has 0 unspecified atom stereocenters. The summed E-state index contributed by atoms with van der Waals surface area (Å²) < 4.78 is 1.34. The summed E-state index contributed by atoms with van der Waals surface area (Å²) in [6, 6.07) is 0. The Balaban J connectivity index is 2.82. The van der Waals surface area contributed by atoms with E-state index in [0.717, 1.165) is 12.3 Å². The number of halogens is 1. The van der Waals surface area contributed by atoms with Crippen LogP contribution in [0, 0.1) is 0 Å². The largest absolute Gasteiger partial charge is 0.382 e. The fraction of sp³-hybridized carbons (Fsp3) is 0.556. The van der Waals surface area contributed by atoms with Crippen LogP contribution in [0.3, 0.4) is 0 Å². The Labute approximate surface area is 98.0 Å². The van der Waals surface area contributed by atoms with E-state index in [2.05, 4.69) is 10.4 Å². The van der Waals surface area contributed by atoms with Crippen LogP contribution < -0.4 is 10.9 Å². The van der Waals surface area contributed by atoms with Gasteiger partial charge in [-0.25, -0.2) is 4.68 Å². The van der Waals surface area contributed by atoms with E-state index >= 15 is 0 Å². The van der Waals surface area contributed by atoms with E-state index in [1.165, 1.54) is 4.68 Å². The molecule has 15 heavy (non-hydrogen) atoms. The molecule has 0 amide bonds. The molecule has 0 atom stereocenters. The summed E-state index contributed by atoms with van der Waals surface area (Å²) in [7, 11) is 0. The van der Waals surface area contributed by atoms with Crippen LogP contribution in [0.2, 0.25) is 5.02 Å². The normalized spacial score (nSPS) is 10.3. The van der Waals surface area contributed by atoms with Gasteiger partial charge in [-0.05, 0) is 13.2 Å². The first-order valence-corrected chi connectivity index (χ1v) is 6.46. The van der Waals surface area contributed by atoms with Crippen LogP contribution in [0.15, 0.2) is 11.0 Å². The van der Waals surface area contributed by atoms with Gasteiger partial charge < -0.3 is 5.32 Å². The van der Waals surface area contributed by atoms with Crippen molar-refractivity contribution in [3.63, 3.8) is 0 Å². The van der Waals surface area contributed by atoms with Crippen molar-refractivity contribution in [3.8, 4) is 0 Å². The molecule has 1 heterocycles. The van der Waals surface area contributed by atoms with Crippen LogP contribution in [-0.4, -0.2) is 28.3 Å². The van der Waals surface area contributed by atoms with Crippen molar-refractivity contribution >= 4 is 29.1 Å². The van der Waals surface area contributed by atoms with E-state index in [4.69, 9.17) is 11.6 Å². The summed E-state index contributed by atoms with van der Waals surface area (Å²) in [5.41, 5.74) is 0.369. The van der Waals surface area contributed by atoms with Crippen LogP contribution >= 0.6 is 23.4 Å². The van der Waals surface area contributed by atoms with E-state index in [1.54, 1.807) is 18.0 Å². The Morgan fingerprint density at radius 3 is 3.00 bits per heavy atom. The molecule has 0 radical (unpaired) electrons. The lowest BCUT2D eigenvalue weighted by atomic mass is 10.4. The molecular weight excluding hydrogens is 234 g/mol. The standard InChI is InChI=1S/C9H14ClN3OS/c1-3-13-9(14)8(10)7(6-12-13)11-4-5-15-2/h6,11H,3-5H2,1-2H3. The molecule has 0 saturated heterocycles. The number of nitrogens with one attached hydrogen (secondary N) is 1. The Bertz CT molecular complexity index is 380. The van der Waals surface area contributed by atoms with Gasteiger partial charge in [0, 0.05) is 18.8 Å². The predicted molar refractivity (Wildman–Crippen MR) is 66.1 cm³/mol. The molecule has 0 spiro atoms. The topological polar surface area (TPSA) is 46.9 Å². The maximum Gasteiger partial charge on any atom is 0.287 e. The van der Waals surface area contributed by atoms with E-state index in [9.17, 15) is 4.79 Å². The minimum atomic E-state index is -0.242. The number of thioether (sulfide) groups is 1. The molecule has 0 saturated carbocycles. The molecule has 0 aliphatic heterocycles. The number of anilines is 1. The minimum absolute atomic E-state index is 0.216. The lowest BCUT2D eigenvalue weighted by molar-refractivity contribution is 0.616. The summed E-state index contributed by atoms with van der Waals surface area (Å²) in [6.07, 6.45) is 3.62. The molecule has 84 valence electrons. The summed E-state index contributed by atoms with van der Waals surface area (Å²) in [5.74, 6) is 0.965. The zero-order valence-electron chi connectivity index (χ0n) is 8.79. The van der Waals surface area contributed by atoms with Crippen molar-refractivity contribution in [2.24, 2.45) is 0 Å². The van der Waals surface area contributed by atoms with Gasteiger partial charge >= 0.3 is 0 Å². The Kier molecular flexibility index (Phi) is 4.98. The summed E-state index contributed by atoms with van der Waals surface area (Å²) in [5, 5.41) is 7.28. The predicted octanol–water partition coefficient (Wildman–Crippen LogP) is 1.69. The molecule has 0 aromatic carbocycles. The van der Waals surface area contributed by atoms with Crippen molar-refractivity contribution in [1.29, 1.82) is 0 Å². The molecule has 0 aliphatic rings. The zero-order chi connectivity index (χ0) is 11.3. The first kappa shape index (κ1) is 12.4. The highest BCUT2D eigenvalue weighted by atomic mass is 35.5. The van der Waals surface area contributed by atoms with E-state index in [-0.39, 0.29) is 10.6 Å². The minimum Gasteiger partial charge on any atom is -0.382 e. The van der Waals surface area contributed by atoms with Gasteiger partial charge in [0.25, 0.3) is 5.56 Å². The third kappa shape index (κ3) is 3.14. The maximum atomic E-state index is 11.6. The lowest BCUT2D eigenvalue weighted by Gasteiger charge is -2.08. The molecule has 6 heteroatoms. The second-order valence-corrected chi connectivity index (χ2v) is 4.28. The van der Waals surface area contributed by atoms with Gasteiger partial charge in [-0.1, -0.05) is 11.6 Å². The average Bonchev–Trinajstić information content (AvgIpc) is 2.25. The van der Waals surface area contributed by atoms with E-state index in [0.29, 0.717) is 12.2 Å². The second kappa shape index (κ2) is 6.02. The highest BCUT2D eigenvalue weighted by Gasteiger charge is 2.07. The van der Waals surface area contributed by atoms with Crippen LogP contribution in [0.4, 0.5) is 5.69 Å². The van der Waals surface area contributed by atoms with Crippen molar-refractivity contribution in [1.82, 2.24) is 9.78 Å². The maximum absolute atomic E-state index is 11.6. The van der Waals surface area contributed by atoms with Crippen LogP contribution in [0.1, 0.15) is 6.92 Å². The molecule has 1 aromatic heterocycles. The fourth-order valence-electron chi connectivity index (χ4n) is 1.10. The van der Waals surface area contributed by atoms with Crippen LogP contribution in [0.5, 0.6) is 0 Å². The Morgan fingerprint density at radius 1 is 1.67 bits per heavy atom. The van der Waals surface area contributed by atoms with E-state index in [1.807, 2.05) is 13.2 Å². The number of rotatable bonds is 5. The first-order chi connectivity index (χ1) is 7.20. The third-order valence-electron chi connectivity index (χ3n) is 1.91. The smallest absolute Gasteiger partial charge is 0.287 e. The molecule has 1 aromatic rings. The molecule has 1 N–H and O–H groups in total. The molecule has 0 fully saturated rings. The van der Waals surface area contributed by atoms with Gasteiger partial charge in [0.15, 0.2) is 0 Å². The van der Waals surface area contributed by atoms with Crippen molar-refractivity contribution < 1.29 is 0 Å². The van der Waals surface area contributed by atoms with Crippen LogP contribution in [-0.2, 0) is 6.54 Å². The first-order valence-electron chi connectivity index (χ1n) is 4.69. The highest BCUT2D eigenvalue weighted by molar-refractivity contribution is 7.98.